The monoisotopic (exact) mass is 239 g/mol. The van der Waals surface area contributed by atoms with Gasteiger partial charge in [0.15, 0.2) is 0 Å². The fourth-order valence-electron chi connectivity index (χ4n) is 1.68. The fourth-order valence-corrected chi connectivity index (χ4v) is 1.68. The Kier molecular flexibility index (Phi) is 3.88. The molecular formula is C13H18FNO2. The van der Waals surface area contributed by atoms with Crippen molar-refractivity contribution in [1.82, 2.24) is 0 Å². The maximum atomic E-state index is 13.7. The van der Waals surface area contributed by atoms with Crippen LogP contribution in [-0.4, -0.2) is 13.1 Å². The van der Waals surface area contributed by atoms with E-state index in [1.807, 2.05) is 6.92 Å². The molecule has 0 heterocycles. The summed E-state index contributed by atoms with van der Waals surface area (Å²) in [6.07, 6.45) is 0. The van der Waals surface area contributed by atoms with Gasteiger partial charge >= 0.3 is 5.97 Å². The molecule has 4 heteroatoms. The van der Waals surface area contributed by atoms with E-state index in [2.05, 4.69) is 4.74 Å². The largest absolute Gasteiger partial charge is 0.469 e. The number of hydrogen-bond acceptors (Lipinski definition) is 3. The van der Waals surface area contributed by atoms with Gasteiger partial charge in [0.05, 0.1) is 12.5 Å². The van der Waals surface area contributed by atoms with Crippen molar-refractivity contribution in [3.05, 3.63) is 35.1 Å². The fraction of sp³-hybridized carbons (Fsp3) is 0.462. The molecule has 0 saturated carbocycles. The lowest BCUT2D eigenvalue weighted by Crippen LogP contribution is -2.37. The van der Waals surface area contributed by atoms with Crippen LogP contribution in [0.3, 0.4) is 0 Å². The van der Waals surface area contributed by atoms with Crippen LogP contribution in [0.4, 0.5) is 4.39 Å². The molecule has 0 spiro atoms. The molecule has 94 valence electrons. The first-order valence-corrected chi connectivity index (χ1v) is 5.40. The van der Waals surface area contributed by atoms with Gasteiger partial charge in [-0.25, -0.2) is 4.39 Å². The lowest BCUT2D eigenvalue weighted by atomic mass is 9.80. The van der Waals surface area contributed by atoms with Crippen LogP contribution in [0, 0.1) is 18.2 Å². The third-order valence-corrected chi connectivity index (χ3v) is 2.98. The number of hydrogen-bond donors (Lipinski definition) is 1. The molecule has 0 radical (unpaired) electrons. The van der Waals surface area contributed by atoms with Gasteiger partial charge in [-0.2, -0.15) is 0 Å². The Morgan fingerprint density at radius 3 is 2.59 bits per heavy atom. The van der Waals surface area contributed by atoms with Gasteiger partial charge in [-0.3, -0.25) is 4.79 Å². The molecule has 2 N–H and O–H groups in total. The molecule has 0 aliphatic heterocycles. The van der Waals surface area contributed by atoms with E-state index >= 15 is 0 Å². The van der Waals surface area contributed by atoms with E-state index in [1.165, 1.54) is 13.2 Å². The normalized spacial score (nSPS) is 13.3. The van der Waals surface area contributed by atoms with Gasteiger partial charge in [0.25, 0.3) is 0 Å². The number of methoxy groups -OCH3 is 1. The number of ether oxygens (including phenoxy) is 1. The van der Waals surface area contributed by atoms with Crippen LogP contribution in [0.15, 0.2) is 18.2 Å². The number of nitrogens with two attached hydrogens (primary N) is 1. The van der Waals surface area contributed by atoms with E-state index in [0.717, 1.165) is 5.56 Å². The molecule has 1 rings (SSSR count). The van der Waals surface area contributed by atoms with Gasteiger partial charge in [-0.05, 0) is 26.8 Å². The minimum Gasteiger partial charge on any atom is -0.469 e. The summed E-state index contributed by atoms with van der Waals surface area (Å²) >= 11 is 0. The second kappa shape index (κ2) is 4.84. The van der Waals surface area contributed by atoms with Crippen LogP contribution in [0.5, 0.6) is 0 Å². The van der Waals surface area contributed by atoms with Gasteiger partial charge in [0.1, 0.15) is 5.82 Å². The Bertz CT molecular complexity index is 429. The van der Waals surface area contributed by atoms with Crippen LogP contribution in [0.1, 0.15) is 31.0 Å². The van der Waals surface area contributed by atoms with Crippen molar-refractivity contribution in [3.63, 3.8) is 0 Å². The number of halogens is 1. The highest BCUT2D eigenvalue weighted by atomic mass is 19.1. The molecule has 0 aliphatic rings. The molecule has 0 bridgehead atoms. The van der Waals surface area contributed by atoms with Gasteiger partial charge < -0.3 is 10.5 Å². The zero-order valence-electron chi connectivity index (χ0n) is 10.6. The SMILES string of the molecule is COC(=O)C(C)(C)[C@@H](N)c1cc(C)ccc1F. The van der Waals surface area contributed by atoms with E-state index < -0.39 is 23.2 Å². The maximum Gasteiger partial charge on any atom is 0.313 e. The Morgan fingerprint density at radius 1 is 1.47 bits per heavy atom. The standard InChI is InChI=1S/C13H18FNO2/c1-8-5-6-10(14)9(7-8)11(15)13(2,3)12(16)17-4/h5-7,11H,15H2,1-4H3/t11-/m0/s1. The van der Waals surface area contributed by atoms with Crippen LogP contribution in [0.2, 0.25) is 0 Å². The van der Waals surface area contributed by atoms with Crippen LogP contribution < -0.4 is 5.73 Å². The summed E-state index contributed by atoms with van der Waals surface area (Å²) in [4.78, 5) is 11.6. The Balaban J connectivity index is 3.15. The number of carbonyl (C=O) groups excluding carboxylic acids is 1. The molecule has 1 atom stereocenters. The van der Waals surface area contributed by atoms with E-state index in [-0.39, 0.29) is 0 Å². The molecule has 3 nitrogen and oxygen atoms in total. The third-order valence-electron chi connectivity index (χ3n) is 2.98. The summed E-state index contributed by atoms with van der Waals surface area (Å²) in [6.45, 7) is 5.14. The number of benzene rings is 1. The average Bonchev–Trinajstić information content (AvgIpc) is 2.30. The van der Waals surface area contributed by atoms with Crippen LogP contribution in [-0.2, 0) is 9.53 Å². The van der Waals surface area contributed by atoms with Crippen LogP contribution >= 0.6 is 0 Å². The molecule has 0 fully saturated rings. The minimum absolute atomic E-state index is 0.334. The zero-order valence-corrected chi connectivity index (χ0v) is 10.6. The molecule has 0 amide bonds. The van der Waals surface area contributed by atoms with E-state index in [4.69, 9.17) is 5.73 Å². The van der Waals surface area contributed by atoms with Crippen molar-refractivity contribution >= 4 is 5.97 Å². The smallest absolute Gasteiger partial charge is 0.313 e. The Hall–Kier alpha value is -1.42. The zero-order chi connectivity index (χ0) is 13.2. The summed E-state index contributed by atoms with van der Waals surface area (Å²) in [5.41, 5.74) is 6.24. The summed E-state index contributed by atoms with van der Waals surface area (Å²) in [5.74, 6) is -0.856. The van der Waals surface area contributed by atoms with Crippen molar-refractivity contribution in [1.29, 1.82) is 0 Å². The molecule has 0 saturated heterocycles. The molecule has 17 heavy (non-hydrogen) atoms. The first-order chi connectivity index (χ1) is 7.80. The van der Waals surface area contributed by atoms with Gasteiger partial charge in [0, 0.05) is 11.6 Å². The van der Waals surface area contributed by atoms with Crippen molar-refractivity contribution in [2.45, 2.75) is 26.8 Å². The summed E-state index contributed by atoms with van der Waals surface area (Å²) < 4.78 is 18.4. The topological polar surface area (TPSA) is 52.3 Å². The minimum atomic E-state index is -0.969. The molecule has 1 aromatic carbocycles. The number of esters is 1. The lowest BCUT2D eigenvalue weighted by molar-refractivity contribution is -0.152. The van der Waals surface area contributed by atoms with Crippen molar-refractivity contribution in [2.75, 3.05) is 7.11 Å². The number of aryl methyl sites for hydroxylation is 1. The highest BCUT2D eigenvalue weighted by Crippen LogP contribution is 2.34. The predicted molar refractivity (Wildman–Crippen MR) is 63.9 cm³/mol. The van der Waals surface area contributed by atoms with E-state index in [1.54, 1.807) is 26.0 Å². The Labute approximate surface area is 101 Å². The Morgan fingerprint density at radius 2 is 2.06 bits per heavy atom. The predicted octanol–water partition coefficient (Wildman–Crippen LogP) is 2.33. The second-order valence-corrected chi connectivity index (χ2v) is 4.72. The van der Waals surface area contributed by atoms with E-state index in [9.17, 15) is 9.18 Å². The van der Waals surface area contributed by atoms with Crippen molar-refractivity contribution in [2.24, 2.45) is 11.1 Å². The van der Waals surface area contributed by atoms with E-state index in [0.29, 0.717) is 5.56 Å². The van der Waals surface area contributed by atoms with Gasteiger partial charge in [-0.1, -0.05) is 17.7 Å². The highest BCUT2D eigenvalue weighted by molar-refractivity contribution is 5.77. The average molecular weight is 239 g/mol. The second-order valence-electron chi connectivity index (χ2n) is 4.72. The molecule has 0 aliphatic carbocycles. The van der Waals surface area contributed by atoms with Crippen LogP contribution in [0.25, 0.3) is 0 Å². The van der Waals surface area contributed by atoms with Gasteiger partial charge in [-0.15, -0.1) is 0 Å². The first-order valence-electron chi connectivity index (χ1n) is 5.40. The lowest BCUT2D eigenvalue weighted by Gasteiger charge is -2.29. The molecular weight excluding hydrogens is 221 g/mol. The molecule has 0 aromatic heterocycles. The third kappa shape index (κ3) is 2.64. The summed E-state index contributed by atoms with van der Waals surface area (Å²) in [6, 6.07) is 3.94. The number of rotatable bonds is 3. The van der Waals surface area contributed by atoms with Crippen molar-refractivity contribution in [3.8, 4) is 0 Å². The molecule has 1 aromatic rings. The highest BCUT2D eigenvalue weighted by Gasteiger charge is 2.37. The molecule has 0 unspecified atom stereocenters. The van der Waals surface area contributed by atoms with Gasteiger partial charge in [0.2, 0.25) is 0 Å². The maximum absolute atomic E-state index is 13.7. The first kappa shape index (κ1) is 13.6. The number of carbonyl (C=O) groups is 1. The summed E-state index contributed by atoms with van der Waals surface area (Å²) in [7, 11) is 1.30. The van der Waals surface area contributed by atoms with Crippen molar-refractivity contribution < 1.29 is 13.9 Å². The summed E-state index contributed by atoms with van der Waals surface area (Å²) in [5, 5.41) is 0. The quantitative estimate of drug-likeness (QED) is 0.824.